The quantitative estimate of drug-likeness (QED) is 0.540. The van der Waals surface area contributed by atoms with E-state index in [1.165, 1.54) is 0 Å². The van der Waals surface area contributed by atoms with Crippen LogP contribution in [0.5, 0.6) is 0 Å². The zero-order chi connectivity index (χ0) is 10.1. The van der Waals surface area contributed by atoms with E-state index in [9.17, 15) is 0 Å². The highest BCUT2D eigenvalue weighted by Gasteiger charge is 2.11. The molecule has 0 aliphatic heterocycles. The number of hydrogen-bond acceptors (Lipinski definition) is 3. The summed E-state index contributed by atoms with van der Waals surface area (Å²) in [6.07, 6.45) is 1.71. The molecule has 2 heterocycles. The molecule has 2 aromatic heterocycles. The van der Waals surface area contributed by atoms with Gasteiger partial charge in [-0.05, 0) is 19.1 Å². The molecule has 0 aliphatic carbocycles. The second-order valence-electron chi connectivity index (χ2n) is 2.95. The fourth-order valence-electron chi connectivity index (χ4n) is 1.43. The summed E-state index contributed by atoms with van der Waals surface area (Å²) in [6, 6.07) is 3.69. The van der Waals surface area contributed by atoms with Crippen LogP contribution in [0.15, 0.2) is 18.3 Å². The number of fused-ring (bicyclic) bond motifs is 1. The monoisotopic (exact) mass is 189 g/mol. The van der Waals surface area contributed by atoms with Gasteiger partial charge in [-0.15, -0.1) is 0 Å². The van der Waals surface area contributed by atoms with Crippen molar-refractivity contribution >= 4 is 16.9 Å². The van der Waals surface area contributed by atoms with Crippen LogP contribution in [-0.2, 0) is 6.54 Å². The first-order chi connectivity index (χ1) is 6.74. The van der Waals surface area contributed by atoms with Crippen molar-refractivity contribution in [2.45, 2.75) is 13.5 Å². The molecule has 5 nitrogen and oxygen atoms in total. The van der Waals surface area contributed by atoms with E-state index in [-0.39, 0.29) is 5.84 Å². The van der Waals surface area contributed by atoms with Crippen molar-refractivity contribution in [2.75, 3.05) is 0 Å². The Morgan fingerprint density at radius 3 is 3.07 bits per heavy atom. The molecule has 0 unspecified atom stereocenters. The Hall–Kier alpha value is -1.91. The number of nitrogen functional groups attached to an aromatic ring is 1. The SMILES string of the molecule is CCn1nc(C(=N)N)c2cccnc21. The first kappa shape index (κ1) is 8.68. The predicted molar refractivity (Wildman–Crippen MR) is 54.2 cm³/mol. The van der Waals surface area contributed by atoms with Crippen molar-refractivity contribution < 1.29 is 0 Å². The van der Waals surface area contributed by atoms with Crippen LogP contribution < -0.4 is 5.73 Å². The van der Waals surface area contributed by atoms with E-state index in [1.807, 2.05) is 19.1 Å². The lowest BCUT2D eigenvalue weighted by Crippen LogP contribution is -2.12. The largest absolute Gasteiger partial charge is 0.382 e. The standard InChI is InChI=1S/C9H11N5/c1-2-14-9-6(4-3-5-12-9)7(13-14)8(10)11/h3-5H,2H2,1H3,(H3,10,11). The molecule has 0 saturated heterocycles. The van der Waals surface area contributed by atoms with Gasteiger partial charge in [0.1, 0.15) is 11.5 Å². The molecule has 0 aliphatic rings. The van der Waals surface area contributed by atoms with E-state index in [4.69, 9.17) is 11.1 Å². The van der Waals surface area contributed by atoms with Crippen LogP contribution in [0.25, 0.3) is 11.0 Å². The minimum absolute atomic E-state index is 0.0183. The maximum atomic E-state index is 7.38. The topological polar surface area (TPSA) is 80.6 Å². The highest BCUT2D eigenvalue weighted by Crippen LogP contribution is 2.15. The molecular weight excluding hydrogens is 178 g/mol. The van der Waals surface area contributed by atoms with Crippen molar-refractivity contribution in [3.05, 3.63) is 24.0 Å². The Labute approximate surface area is 81.1 Å². The van der Waals surface area contributed by atoms with Crippen LogP contribution in [0.3, 0.4) is 0 Å². The Balaban J connectivity index is 2.80. The van der Waals surface area contributed by atoms with Gasteiger partial charge in [-0.2, -0.15) is 5.10 Å². The van der Waals surface area contributed by atoms with Gasteiger partial charge in [-0.1, -0.05) is 0 Å². The van der Waals surface area contributed by atoms with Crippen molar-refractivity contribution in [3.8, 4) is 0 Å². The van der Waals surface area contributed by atoms with Gasteiger partial charge < -0.3 is 5.73 Å². The average Bonchev–Trinajstić information content (AvgIpc) is 2.56. The van der Waals surface area contributed by atoms with Crippen LogP contribution >= 0.6 is 0 Å². The second kappa shape index (κ2) is 3.10. The highest BCUT2D eigenvalue weighted by atomic mass is 15.3. The number of nitrogens with one attached hydrogen (secondary N) is 1. The normalized spacial score (nSPS) is 10.6. The van der Waals surface area contributed by atoms with Crippen molar-refractivity contribution in [1.82, 2.24) is 14.8 Å². The van der Waals surface area contributed by atoms with Crippen LogP contribution in [0.2, 0.25) is 0 Å². The summed E-state index contributed by atoms with van der Waals surface area (Å²) in [5, 5.41) is 12.4. The van der Waals surface area contributed by atoms with Gasteiger partial charge in [0.25, 0.3) is 0 Å². The maximum absolute atomic E-state index is 7.38. The Morgan fingerprint density at radius 2 is 2.43 bits per heavy atom. The van der Waals surface area contributed by atoms with Gasteiger partial charge in [0.05, 0.1) is 5.39 Å². The smallest absolute Gasteiger partial charge is 0.158 e. The molecule has 2 aromatic rings. The van der Waals surface area contributed by atoms with Crippen molar-refractivity contribution in [2.24, 2.45) is 5.73 Å². The molecule has 0 spiro atoms. The van der Waals surface area contributed by atoms with Crippen LogP contribution in [0.4, 0.5) is 0 Å². The maximum Gasteiger partial charge on any atom is 0.158 e. The van der Waals surface area contributed by atoms with E-state index in [0.717, 1.165) is 17.6 Å². The summed E-state index contributed by atoms with van der Waals surface area (Å²) >= 11 is 0. The first-order valence-corrected chi connectivity index (χ1v) is 4.40. The molecule has 0 bridgehead atoms. The van der Waals surface area contributed by atoms with E-state index < -0.39 is 0 Å². The van der Waals surface area contributed by atoms with E-state index in [0.29, 0.717) is 5.69 Å². The summed E-state index contributed by atoms with van der Waals surface area (Å²) < 4.78 is 1.74. The molecular formula is C9H11N5. The summed E-state index contributed by atoms with van der Waals surface area (Å²) in [5.41, 5.74) is 6.71. The van der Waals surface area contributed by atoms with Crippen LogP contribution in [0.1, 0.15) is 12.6 Å². The molecule has 0 radical (unpaired) electrons. The molecule has 72 valence electrons. The number of aryl methyl sites for hydroxylation is 1. The van der Waals surface area contributed by atoms with Gasteiger partial charge >= 0.3 is 0 Å². The number of hydrogen-bond donors (Lipinski definition) is 2. The summed E-state index contributed by atoms with van der Waals surface area (Å²) in [7, 11) is 0. The molecule has 0 atom stereocenters. The van der Waals surface area contributed by atoms with E-state index >= 15 is 0 Å². The van der Waals surface area contributed by atoms with Gasteiger partial charge in [0.2, 0.25) is 0 Å². The number of rotatable bonds is 2. The molecule has 0 amide bonds. The Kier molecular flexibility index (Phi) is 1.92. The molecule has 0 saturated carbocycles. The second-order valence-corrected chi connectivity index (χ2v) is 2.95. The highest BCUT2D eigenvalue weighted by molar-refractivity contribution is 6.04. The average molecular weight is 189 g/mol. The fraction of sp³-hybridized carbons (Fsp3) is 0.222. The Bertz CT molecular complexity index is 485. The number of nitrogens with zero attached hydrogens (tertiary/aromatic N) is 3. The van der Waals surface area contributed by atoms with Crippen LogP contribution in [0, 0.1) is 5.41 Å². The summed E-state index contributed by atoms with van der Waals surface area (Å²) in [6.45, 7) is 2.70. The third-order valence-electron chi connectivity index (χ3n) is 2.06. The van der Waals surface area contributed by atoms with Gasteiger partial charge in [0, 0.05) is 12.7 Å². The third-order valence-corrected chi connectivity index (χ3v) is 2.06. The zero-order valence-electron chi connectivity index (χ0n) is 7.86. The van der Waals surface area contributed by atoms with Gasteiger partial charge in [-0.25, -0.2) is 9.67 Å². The number of pyridine rings is 1. The lowest BCUT2D eigenvalue weighted by Gasteiger charge is -1.94. The lowest BCUT2D eigenvalue weighted by atomic mass is 10.2. The fourth-order valence-corrected chi connectivity index (χ4v) is 1.43. The minimum Gasteiger partial charge on any atom is -0.382 e. The number of amidine groups is 1. The number of aromatic nitrogens is 3. The molecule has 14 heavy (non-hydrogen) atoms. The van der Waals surface area contributed by atoms with Crippen LogP contribution in [-0.4, -0.2) is 20.6 Å². The summed E-state index contributed by atoms with van der Waals surface area (Å²) in [4.78, 5) is 4.20. The molecule has 5 heteroatoms. The van der Waals surface area contributed by atoms with Gasteiger partial charge in [0.15, 0.2) is 5.65 Å². The lowest BCUT2D eigenvalue weighted by molar-refractivity contribution is 0.674. The third kappa shape index (κ3) is 1.14. The van der Waals surface area contributed by atoms with E-state index in [2.05, 4.69) is 10.1 Å². The van der Waals surface area contributed by atoms with Crippen molar-refractivity contribution in [1.29, 1.82) is 5.41 Å². The molecule has 2 rings (SSSR count). The molecule has 0 fully saturated rings. The van der Waals surface area contributed by atoms with Gasteiger partial charge in [-0.3, -0.25) is 5.41 Å². The minimum atomic E-state index is -0.0183. The predicted octanol–water partition coefficient (Wildman–Crippen LogP) is 0.735. The van der Waals surface area contributed by atoms with Crippen molar-refractivity contribution in [3.63, 3.8) is 0 Å². The zero-order valence-corrected chi connectivity index (χ0v) is 7.86. The first-order valence-electron chi connectivity index (χ1n) is 4.40. The van der Waals surface area contributed by atoms with E-state index in [1.54, 1.807) is 10.9 Å². The molecule has 0 aromatic carbocycles. The summed E-state index contributed by atoms with van der Waals surface area (Å²) in [5.74, 6) is -0.0183. The Morgan fingerprint density at radius 1 is 1.64 bits per heavy atom. The number of nitrogens with two attached hydrogens (primary N) is 1. The molecule has 3 N–H and O–H groups in total.